The molecule has 0 radical (unpaired) electrons. The first-order valence-corrected chi connectivity index (χ1v) is 14.1. The third-order valence-electron chi connectivity index (χ3n) is 6.32. The average molecular weight is 512 g/mol. The number of carbonyl (C=O) groups excluding carboxylic acids is 1. The number of aryl methyl sites for hydroxylation is 1. The Hall–Kier alpha value is -2.52. The Labute approximate surface area is 215 Å². The summed E-state index contributed by atoms with van der Waals surface area (Å²) in [5.74, 6) is 0.457. The highest BCUT2D eigenvalue weighted by Gasteiger charge is 2.27. The van der Waals surface area contributed by atoms with Gasteiger partial charge in [-0.1, -0.05) is 6.07 Å². The van der Waals surface area contributed by atoms with E-state index in [2.05, 4.69) is 33.9 Å². The number of hydrogen-bond acceptors (Lipinski definition) is 7. The molecule has 186 valence electrons. The van der Waals surface area contributed by atoms with E-state index < -0.39 is 0 Å². The molecular weight excluding hydrogens is 478 g/mol. The molecule has 0 spiro atoms. The van der Waals surface area contributed by atoms with E-state index in [9.17, 15) is 4.79 Å². The molecule has 0 unspecified atom stereocenters. The first-order chi connectivity index (χ1) is 16.9. The van der Waals surface area contributed by atoms with Crippen molar-refractivity contribution in [3.05, 3.63) is 41.8 Å². The lowest BCUT2D eigenvalue weighted by Crippen LogP contribution is -2.38. The van der Waals surface area contributed by atoms with Gasteiger partial charge in [0.25, 0.3) is 0 Å². The number of ether oxygens (including phenoxy) is 1. The van der Waals surface area contributed by atoms with Crippen LogP contribution >= 0.6 is 23.1 Å². The van der Waals surface area contributed by atoms with Crippen LogP contribution in [0.4, 0.5) is 16.2 Å². The van der Waals surface area contributed by atoms with Gasteiger partial charge in [0, 0.05) is 52.8 Å². The minimum Gasteiger partial charge on any atom is -0.447 e. The highest BCUT2D eigenvalue weighted by atomic mass is 32.2. The Kier molecular flexibility index (Phi) is 7.34. The van der Waals surface area contributed by atoms with Crippen LogP contribution in [-0.4, -0.2) is 38.3 Å². The van der Waals surface area contributed by atoms with Gasteiger partial charge in [-0.15, -0.1) is 23.1 Å². The summed E-state index contributed by atoms with van der Waals surface area (Å²) < 4.78 is 7.03. The molecule has 35 heavy (non-hydrogen) atoms. The number of benzene rings is 1. The number of aromatic nitrogens is 3. The van der Waals surface area contributed by atoms with E-state index in [0.29, 0.717) is 5.92 Å². The van der Waals surface area contributed by atoms with E-state index in [1.54, 1.807) is 4.68 Å². The molecule has 2 aromatic heterocycles. The second kappa shape index (κ2) is 10.6. The summed E-state index contributed by atoms with van der Waals surface area (Å²) in [6, 6.07) is 6.82. The molecule has 0 saturated heterocycles. The Balaban J connectivity index is 1.26. The van der Waals surface area contributed by atoms with Crippen LogP contribution in [-0.2, 0) is 11.8 Å². The fraction of sp³-hybridized carbons (Fsp3) is 0.500. The molecule has 9 heteroatoms. The molecule has 7 nitrogen and oxygen atoms in total. The summed E-state index contributed by atoms with van der Waals surface area (Å²) in [5, 5.41) is 12.7. The fourth-order valence-corrected chi connectivity index (χ4v) is 6.84. The monoisotopic (exact) mass is 511 g/mol. The van der Waals surface area contributed by atoms with Crippen LogP contribution in [0.2, 0.25) is 0 Å². The first kappa shape index (κ1) is 24.2. The summed E-state index contributed by atoms with van der Waals surface area (Å²) in [6.07, 6.45) is 12.1. The number of carbonyl (C=O) groups is 1. The van der Waals surface area contributed by atoms with Crippen LogP contribution in [0.1, 0.15) is 63.3 Å². The Morgan fingerprint density at radius 2 is 1.94 bits per heavy atom. The lowest BCUT2D eigenvalue weighted by molar-refractivity contribution is 0.109. The number of thioether (sulfide) groups is 1. The normalized spacial score (nSPS) is 20.1. The maximum absolute atomic E-state index is 11.9. The van der Waals surface area contributed by atoms with Crippen molar-refractivity contribution in [2.75, 3.05) is 5.32 Å². The first-order valence-electron chi connectivity index (χ1n) is 12.4. The molecule has 2 N–H and O–H groups in total. The molecule has 0 aliphatic heterocycles. The van der Waals surface area contributed by atoms with Gasteiger partial charge in [0.05, 0.1) is 27.9 Å². The quantitative estimate of drug-likeness (QED) is 0.350. The molecule has 2 aliphatic rings. The van der Waals surface area contributed by atoms with Crippen LogP contribution < -0.4 is 10.6 Å². The van der Waals surface area contributed by atoms with Crippen molar-refractivity contribution < 1.29 is 9.53 Å². The van der Waals surface area contributed by atoms with Gasteiger partial charge >= 0.3 is 6.09 Å². The molecule has 2 saturated carbocycles. The van der Waals surface area contributed by atoms with Crippen molar-refractivity contribution in [1.29, 1.82) is 0 Å². The second-order valence-corrected chi connectivity index (χ2v) is 12.2. The number of nitrogens with one attached hydrogen (secondary N) is 2. The minimum absolute atomic E-state index is 0.0942. The lowest BCUT2D eigenvalue weighted by Gasteiger charge is -2.28. The molecule has 3 aromatic rings. The third kappa shape index (κ3) is 6.38. The molecule has 2 heterocycles. The average Bonchev–Trinajstić information content (AvgIpc) is 3.32. The Bertz CT molecular complexity index is 1160. The van der Waals surface area contributed by atoms with Crippen LogP contribution in [0.3, 0.4) is 0 Å². The smallest absolute Gasteiger partial charge is 0.407 e. The minimum atomic E-state index is -0.304. The number of thiazole rings is 1. The molecule has 2 fully saturated rings. The predicted octanol–water partition coefficient (Wildman–Crippen LogP) is 6.70. The van der Waals surface area contributed by atoms with Gasteiger partial charge in [-0.3, -0.25) is 4.68 Å². The molecule has 2 aliphatic carbocycles. The van der Waals surface area contributed by atoms with Gasteiger partial charge < -0.3 is 15.4 Å². The van der Waals surface area contributed by atoms with Crippen molar-refractivity contribution in [2.45, 2.75) is 80.6 Å². The summed E-state index contributed by atoms with van der Waals surface area (Å²) in [7, 11) is 1.92. The van der Waals surface area contributed by atoms with Gasteiger partial charge in [-0.25, -0.2) is 9.78 Å². The van der Waals surface area contributed by atoms with Crippen molar-refractivity contribution in [3.8, 4) is 10.4 Å². The van der Waals surface area contributed by atoms with Crippen LogP contribution in [0, 0.1) is 0 Å². The van der Waals surface area contributed by atoms with Crippen LogP contribution in [0.15, 0.2) is 41.7 Å². The van der Waals surface area contributed by atoms with Crippen molar-refractivity contribution in [2.24, 2.45) is 7.05 Å². The lowest BCUT2D eigenvalue weighted by atomic mass is 9.86. The van der Waals surface area contributed by atoms with Crippen molar-refractivity contribution >= 4 is 40.6 Å². The zero-order chi connectivity index (χ0) is 24.4. The number of amides is 1. The third-order valence-corrected chi connectivity index (χ3v) is 8.91. The van der Waals surface area contributed by atoms with E-state index in [1.165, 1.54) is 33.2 Å². The predicted molar refractivity (Wildman–Crippen MR) is 143 cm³/mol. The molecule has 0 bridgehead atoms. The number of alkyl carbamates (subject to hydrolysis) is 1. The Morgan fingerprint density at radius 3 is 2.63 bits per heavy atom. The van der Waals surface area contributed by atoms with Gasteiger partial charge in [0.2, 0.25) is 0 Å². The number of nitrogens with zero attached hydrogens (tertiary/aromatic N) is 3. The maximum Gasteiger partial charge on any atom is 0.407 e. The zero-order valence-corrected chi connectivity index (χ0v) is 22.1. The second-order valence-electron chi connectivity index (χ2n) is 9.77. The fourth-order valence-electron chi connectivity index (χ4n) is 4.42. The molecule has 1 amide bonds. The van der Waals surface area contributed by atoms with E-state index >= 15 is 0 Å². The van der Waals surface area contributed by atoms with E-state index in [0.717, 1.165) is 42.3 Å². The number of hydrogen-bond donors (Lipinski definition) is 2. The van der Waals surface area contributed by atoms with Crippen LogP contribution in [0.25, 0.3) is 10.4 Å². The molecule has 5 rings (SSSR count). The topological polar surface area (TPSA) is 81.1 Å². The van der Waals surface area contributed by atoms with Gasteiger partial charge in [-0.05, 0) is 64.5 Å². The van der Waals surface area contributed by atoms with E-state index in [1.807, 2.05) is 62.6 Å². The number of anilines is 2. The Morgan fingerprint density at radius 1 is 1.14 bits per heavy atom. The molecule has 0 atom stereocenters. The largest absolute Gasteiger partial charge is 0.447 e. The van der Waals surface area contributed by atoms with Gasteiger partial charge in [0.1, 0.15) is 0 Å². The van der Waals surface area contributed by atoms with E-state index in [4.69, 9.17) is 9.72 Å². The highest BCUT2D eigenvalue weighted by Crippen LogP contribution is 2.46. The SMILES string of the molecule is CC(C)OC(=O)N[C@H]1CC[C@H](c2ncc(-c3ccc(Nc4cnn(C)c4)cc3SC3CC3)s2)CC1. The summed E-state index contributed by atoms with van der Waals surface area (Å²) in [6.45, 7) is 3.74. The van der Waals surface area contributed by atoms with E-state index in [-0.39, 0.29) is 18.2 Å². The summed E-state index contributed by atoms with van der Waals surface area (Å²) >= 11 is 3.80. The standard InChI is InChI=1S/C26H33N5O2S2/c1-16(2)33-26(32)30-18-6-4-17(5-7-18)25-27-14-24(35-25)22-11-8-19(12-23(22)34-21-9-10-21)29-20-13-28-31(3)15-20/h8,11-18,21,29H,4-7,9-10H2,1-3H3,(H,30,32)/t17-,18-. The summed E-state index contributed by atoms with van der Waals surface area (Å²) in [5.41, 5.74) is 3.34. The number of rotatable bonds is 8. The highest BCUT2D eigenvalue weighted by molar-refractivity contribution is 8.00. The van der Waals surface area contributed by atoms with Crippen molar-refractivity contribution in [1.82, 2.24) is 20.1 Å². The van der Waals surface area contributed by atoms with Crippen LogP contribution in [0.5, 0.6) is 0 Å². The van der Waals surface area contributed by atoms with Crippen molar-refractivity contribution in [3.63, 3.8) is 0 Å². The maximum atomic E-state index is 11.9. The molecule has 1 aromatic carbocycles. The zero-order valence-electron chi connectivity index (χ0n) is 20.5. The van der Waals surface area contributed by atoms with Gasteiger partial charge in [0.15, 0.2) is 0 Å². The van der Waals surface area contributed by atoms with Gasteiger partial charge in [-0.2, -0.15) is 5.10 Å². The molecular formula is C26H33N5O2S2. The summed E-state index contributed by atoms with van der Waals surface area (Å²) in [4.78, 5) is 19.3.